The van der Waals surface area contributed by atoms with E-state index in [1.165, 1.54) is 0 Å². The third-order valence-corrected chi connectivity index (χ3v) is 1.84. The van der Waals surface area contributed by atoms with Gasteiger partial charge in [-0.2, -0.15) is 0 Å². The van der Waals surface area contributed by atoms with E-state index in [0.29, 0.717) is 6.20 Å². The Kier molecular flexibility index (Phi) is 3.61. The number of hydrogen-bond acceptors (Lipinski definition) is 4. The molecule has 0 aliphatic carbocycles. The van der Waals surface area contributed by atoms with Crippen molar-refractivity contribution in [3.63, 3.8) is 0 Å². The second-order valence-electron chi connectivity index (χ2n) is 2.94. The molecule has 9 heteroatoms. The number of alkyl halides is 2. The molecule has 17 heavy (non-hydrogen) atoms. The van der Waals surface area contributed by atoms with Crippen LogP contribution in [0.4, 0.5) is 18.9 Å². The van der Waals surface area contributed by atoms with E-state index in [4.69, 9.17) is 5.11 Å². The zero-order valence-electron chi connectivity index (χ0n) is 8.06. The van der Waals surface area contributed by atoms with Crippen molar-refractivity contribution in [2.24, 2.45) is 0 Å². The van der Waals surface area contributed by atoms with Gasteiger partial charge in [0, 0.05) is 0 Å². The van der Waals surface area contributed by atoms with Gasteiger partial charge in [-0.15, -0.1) is 0 Å². The monoisotopic (exact) mass is 250 g/mol. The highest BCUT2D eigenvalue weighted by Gasteiger charge is 2.31. The van der Waals surface area contributed by atoms with Crippen LogP contribution in [0.3, 0.4) is 0 Å². The average Bonchev–Trinajstić information content (AvgIpc) is 2.18. The molecule has 0 fully saturated rings. The predicted molar refractivity (Wildman–Crippen MR) is 47.1 cm³/mol. The normalized spacial score (nSPS) is 10.6. The SMILES string of the molecule is O=C(O)Cc1ncc(F)c(C(F)F)c1[N+](=O)[O-]. The van der Waals surface area contributed by atoms with Gasteiger partial charge in [0.15, 0.2) is 5.82 Å². The summed E-state index contributed by atoms with van der Waals surface area (Å²) in [6.07, 6.45) is -4.02. The Balaban J connectivity index is 3.47. The highest BCUT2D eigenvalue weighted by molar-refractivity contribution is 5.71. The van der Waals surface area contributed by atoms with Gasteiger partial charge in [0.25, 0.3) is 6.43 Å². The molecule has 1 heterocycles. The van der Waals surface area contributed by atoms with E-state index >= 15 is 0 Å². The van der Waals surface area contributed by atoms with E-state index in [2.05, 4.69) is 4.98 Å². The Morgan fingerprint density at radius 2 is 2.18 bits per heavy atom. The Morgan fingerprint density at radius 3 is 2.59 bits per heavy atom. The number of halogens is 3. The maximum absolute atomic E-state index is 13.0. The first-order chi connectivity index (χ1) is 7.84. The number of rotatable bonds is 4. The zero-order valence-corrected chi connectivity index (χ0v) is 8.06. The third-order valence-electron chi connectivity index (χ3n) is 1.84. The maximum Gasteiger partial charge on any atom is 0.309 e. The van der Waals surface area contributed by atoms with Gasteiger partial charge < -0.3 is 5.11 Å². The van der Waals surface area contributed by atoms with Crippen LogP contribution >= 0.6 is 0 Å². The van der Waals surface area contributed by atoms with Crippen molar-refractivity contribution in [2.45, 2.75) is 12.8 Å². The summed E-state index contributed by atoms with van der Waals surface area (Å²) in [5.41, 5.74) is -3.44. The molecule has 0 spiro atoms. The first kappa shape index (κ1) is 12.9. The number of nitro groups is 1. The average molecular weight is 250 g/mol. The fraction of sp³-hybridized carbons (Fsp3) is 0.250. The Hall–Kier alpha value is -2.19. The Labute approximate surface area is 91.9 Å². The number of carboxylic acid groups (broad SMARTS) is 1. The summed E-state index contributed by atoms with van der Waals surface area (Å²) in [6.45, 7) is 0. The van der Waals surface area contributed by atoms with Crippen molar-refractivity contribution in [3.05, 3.63) is 33.4 Å². The summed E-state index contributed by atoms with van der Waals surface area (Å²) in [6, 6.07) is 0. The summed E-state index contributed by atoms with van der Waals surface area (Å²) in [7, 11) is 0. The summed E-state index contributed by atoms with van der Waals surface area (Å²) in [5.74, 6) is -3.03. The minimum Gasteiger partial charge on any atom is -0.481 e. The lowest BCUT2D eigenvalue weighted by molar-refractivity contribution is -0.387. The highest BCUT2D eigenvalue weighted by Crippen LogP contribution is 2.33. The van der Waals surface area contributed by atoms with Crippen molar-refractivity contribution in [3.8, 4) is 0 Å². The topological polar surface area (TPSA) is 93.3 Å². The minimum absolute atomic E-state index is 0.340. The quantitative estimate of drug-likeness (QED) is 0.648. The molecule has 1 N–H and O–H groups in total. The first-order valence-corrected chi connectivity index (χ1v) is 4.16. The summed E-state index contributed by atoms with van der Waals surface area (Å²) in [4.78, 5) is 22.8. The second kappa shape index (κ2) is 4.76. The molecule has 1 rings (SSSR count). The summed E-state index contributed by atoms with van der Waals surface area (Å²) >= 11 is 0. The highest BCUT2D eigenvalue weighted by atomic mass is 19.3. The lowest BCUT2D eigenvalue weighted by Gasteiger charge is -2.06. The van der Waals surface area contributed by atoms with E-state index < -0.39 is 46.5 Å². The van der Waals surface area contributed by atoms with Gasteiger partial charge in [0.1, 0.15) is 11.3 Å². The standard InChI is InChI=1S/C8H5F3N2O4/c9-3-2-12-4(1-5(14)15)7(13(16)17)6(3)8(10)11/h2,8H,1H2,(H,14,15). The molecule has 0 amide bonds. The number of aliphatic carboxylic acids is 1. The third kappa shape index (κ3) is 2.68. The molecular weight excluding hydrogens is 245 g/mol. The molecule has 1 aromatic rings. The minimum atomic E-state index is -3.43. The Morgan fingerprint density at radius 1 is 1.59 bits per heavy atom. The number of carboxylic acids is 1. The molecule has 0 saturated carbocycles. The number of carbonyl (C=O) groups is 1. The zero-order chi connectivity index (χ0) is 13.2. The number of hydrogen-bond donors (Lipinski definition) is 1. The van der Waals surface area contributed by atoms with Crippen molar-refractivity contribution in [2.75, 3.05) is 0 Å². The van der Waals surface area contributed by atoms with Crippen molar-refractivity contribution < 1.29 is 28.0 Å². The van der Waals surface area contributed by atoms with Crippen LogP contribution in [0.5, 0.6) is 0 Å². The fourth-order valence-electron chi connectivity index (χ4n) is 1.22. The smallest absolute Gasteiger partial charge is 0.309 e. The molecule has 0 aromatic carbocycles. The van der Waals surface area contributed by atoms with E-state index in [-0.39, 0.29) is 0 Å². The number of aromatic nitrogens is 1. The van der Waals surface area contributed by atoms with Crippen molar-refractivity contribution in [1.29, 1.82) is 0 Å². The van der Waals surface area contributed by atoms with Gasteiger partial charge in [0.2, 0.25) is 0 Å². The van der Waals surface area contributed by atoms with Crippen molar-refractivity contribution >= 4 is 11.7 Å². The largest absolute Gasteiger partial charge is 0.481 e. The van der Waals surface area contributed by atoms with Crippen LogP contribution in [0.15, 0.2) is 6.20 Å². The predicted octanol–water partition coefficient (Wildman–Crippen LogP) is 1.69. The molecule has 0 saturated heterocycles. The second-order valence-corrected chi connectivity index (χ2v) is 2.94. The lowest BCUT2D eigenvalue weighted by Crippen LogP contribution is -2.10. The van der Waals surface area contributed by atoms with Crippen LogP contribution in [0, 0.1) is 15.9 Å². The van der Waals surface area contributed by atoms with Crippen molar-refractivity contribution in [1.82, 2.24) is 4.98 Å². The van der Waals surface area contributed by atoms with Gasteiger partial charge >= 0.3 is 11.7 Å². The summed E-state index contributed by atoms with van der Waals surface area (Å²) in [5, 5.41) is 19.0. The molecule has 6 nitrogen and oxygen atoms in total. The molecule has 1 aromatic heterocycles. The van der Waals surface area contributed by atoms with Crippen LogP contribution in [-0.2, 0) is 11.2 Å². The van der Waals surface area contributed by atoms with E-state index in [0.717, 1.165) is 0 Å². The molecule has 92 valence electrons. The lowest BCUT2D eigenvalue weighted by atomic mass is 10.1. The van der Waals surface area contributed by atoms with Gasteiger partial charge in [-0.05, 0) is 0 Å². The maximum atomic E-state index is 13.0. The number of pyridine rings is 1. The first-order valence-electron chi connectivity index (χ1n) is 4.16. The van der Waals surface area contributed by atoms with Crippen LogP contribution in [0.25, 0.3) is 0 Å². The van der Waals surface area contributed by atoms with E-state index in [1.54, 1.807) is 0 Å². The van der Waals surface area contributed by atoms with E-state index in [1.807, 2.05) is 0 Å². The molecule has 0 unspecified atom stereocenters. The molecule has 0 bridgehead atoms. The molecule has 0 atom stereocenters. The van der Waals surface area contributed by atoms with Crippen LogP contribution in [0.2, 0.25) is 0 Å². The molecule has 0 radical (unpaired) electrons. The van der Waals surface area contributed by atoms with Gasteiger partial charge in [-0.25, -0.2) is 13.2 Å². The molecule has 0 aliphatic heterocycles. The van der Waals surface area contributed by atoms with Crippen LogP contribution < -0.4 is 0 Å². The van der Waals surface area contributed by atoms with Gasteiger partial charge in [-0.1, -0.05) is 0 Å². The van der Waals surface area contributed by atoms with E-state index in [9.17, 15) is 28.1 Å². The molecular formula is C8H5F3N2O4. The molecule has 0 aliphatic rings. The van der Waals surface area contributed by atoms with Crippen LogP contribution in [0.1, 0.15) is 17.7 Å². The number of nitrogens with zero attached hydrogens (tertiary/aromatic N) is 2. The van der Waals surface area contributed by atoms with Crippen LogP contribution in [-0.4, -0.2) is 21.0 Å². The van der Waals surface area contributed by atoms with Gasteiger partial charge in [0.05, 0.1) is 17.5 Å². The Bertz CT molecular complexity index is 478. The fourth-order valence-corrected chi connectivity index (χ4v) is 1.22. The van der Waals surface area contributed by atoms with Gasteiger partial charge in [-0.3, -0.25) is 19.9 Å². The summed E-state index contributed by atoms with van der Waals surface area (Å²) < 4.78 is 37.9.